The molecule has 0 atom stereocenters. The molecule has 3 nitrogen and oxygen atoms in total. The molecule has 0 heterocycles. The van der Waals surface area contributed by atoms with E-state index in [9.17, 15) is 4.79 Å². The third-order valence-corrected chi connectivity index (χ3v) is 3.10. The maximum Gasteiger partial charge on any atom is 0.227 e. The maximum absolute atomic E-state index is 11.8. The van der Waals surface area contributed by atoms with Gasteiger partial charge in [0.05, 0.1) is 0 Å². The molecule has 0 unspecified atom stereocenters. The number of carbonyl (C=O) groups is 1. The van der Waals surface area contributed by atoms with E-state index >= 15 is 0 Å². The molecule has 0 aliphatic rings. The Morgan fingerprint density at radius 2 is 1.83 bits per heavy atom. The van der Waals surface area contributed by atoms with Gasteiger partial charge in [0, 0.05) is 25.7 Å². The minimum Gasteiger partial charge on any atom is -0.330 e. The highest BCUT2D eigenvalue weighted by atomic mass is 16.2. The maximum atomic E-state index is 11.8. The third-order valence-electron chi connectivity index (χ3n) is 3.10. The van der Waals surface area contributed by atoms with Gasteiger partial charge in [0.1, 0.15) is 0 Å². The molecule has 2 N–H and O–H groups in total. The molecule has 3 heteroatoms. The van der Waals surface area contributed by atoms with E-state index in [-0.39, 0.29) is 5.91 Å². The van der Waals surface area contributed by atoms with E-state index in [4.69, 9.17) is 5.73 Å². The lowest BCUT2D eigenvalue weighted by Crippen LogP contribution is -2.27. The number of anilines is 1. The number of amides is 1. The summed E-state index contributed by atoms with van der Waals surface area (Å²) in [4.78, 5) is 13.4. The Morgan fingerprint density at radius 3 is 2.56 bits per heavy atom. The summed E-state index contributed by atoms with van der Waals surface area (Å²) in [5.41, 5.74) is 7.55. The van der Waals surface area contributed by atoms with E-state index in [0.717, 1.165) is 11.1 Å². The number of carbonyl (C=O) groups excluding carboxylic acids is 1. The first-order valence-corrected chi connectivity index (χ1v) is 6.09. The first kappa shape index (κ1) is 12.6. The summed E-state index contributed by atoms with van der Waals surface area (Å²) in [6.07, 6.45) is 0.377. The van der Waals surface area contributed by atoms with Gasteiger partial charge in [-0.15, -0.1) is 0 Å². The topological polar surface area (TPSA) is 46.3 Å². The van der Waals surface area contributed by atoms with Crippen LogP contribution in [0.1, 0.15) is 12.0 Å². The van der Waals surface area contributed by atoms with Gasteiger partial charge in [0.25, 0.3) is 0 Å². The first-order valence-electron chi connectivity index (χ1n) is 6.09. The Bertz CT molecular complexity index is 578. The van der Waals surface area contributed by atoms with E-state index in [0.29, 0.717) is 13.0 Å². The second-order valence-corrected chi connectivity index (χ2v) is 4.53. The van der Waals surface area contributed by atoms with Crippen molar-refractivity contribution in [2.45, 2.75) is 13.3 Å². The number of aryl methyl sites for hydroxylation is 1. The smallest absolute Gasteiger partial charge is 0.227 e. The van der Waals surface area contributed by atoms with Crippen molar-refractivity contribution in [3.63, 3.8) is 0 Å². The molecule has 0 fully saturated rings. The lowest BCUT2D eigenvalue weighted by molar-refractivity contribution is -0.118. The molecule has 0 spiro atoms. The monoisotopic (exact) mass is 242 g/mol. The Morgan fingerprint density at radius 1 is 1.17 bits per heavy atom. The Kier molecular flexibility index (Phi) is 3.63. The molecular formula is C15H18N2O. The fourth-order valence-electron chi connectivity index (χ4n) is 2.00. The summed E-state index contributed by atoms with van der Waals surface area (Å²) in [5.74, 6) is 0.0453. The Balaban J connectivity index is 2.35. The molecule has 0 bridgehead atoms. The average Bonchev–Trinajstić information content (AvgIpc) is 2.37. The van der Waals surface area contributed by atoms with E-state index < -0.39 is 0 Å². The van der Waals surface area contributed by atoms with Gasteiger partial charge in [-0.2, -0.15) is 0 Å². The molecule has 1 amide bonds. The van der Waals surface area contributed by atoms with Crippen LogP contribution in [0.25, 0.3) is 10.8 Å². The molecule has 0 radical (unpaired) electrons. The molecular weight excluding hydrogens is 224 g/mol. The number of hydrogen-bond acceptors (Lipinski definition) is 2. The van der Waals surface area contributed by atoms with Crippen molar-refractivity contribution >= 4 is 22.4 Å². The van der Waals surface area contributed by atoms with Crippen molar-refractivity contribution in [3.05, 3.63) is 42.0 Å². The van der Waals surface area contributed by atoms with Crippen molar-refractivity contribution in [1.29, 1.82) is 0 Å². The Labute approximate surface area is 107 Å². The number of hydrogen-bond donors (Lipinski definition) is 1. The van der Waals surface area contributed by atoms with Crippen LogP contribution >= 0.6 is 0 Å². The number of rotatable bonds is 3. The minimum absolute atomic E-state index is 0.0453. The van der Waals surface area contributed by atoms with Crippen molar-refractivity contribution in [3.8, 4) is 0 Å². The molecule has 0 saturated carbocycles. The standard InChI is InChI=1S/C15H18N2O/c1-11-3-4-13-10-14(6-5-12(13)9-11)17(2)15(18)7-8-16/h3-6,9-10H,7-8,16H2,1-2H3. The molecule has 2 aromatic rings. The highest BCUT2D eigenvalue weighted by molar-refractivity contribution is 5.96. The number of fused-ring (bicyclic) bond motifs is 1. The zero-order valence-electron chi connectivity index (χ0n) is 10.8. The molecule has 0 saturated heterocycles. The van der Waals surface area contributed by atoms with Crippen LogP contribution in [-0.2, 0) is 4.79 Å². The normalized spacial score (nSPS) is 10.6. The van der Waals surface area contributed by atoms with Gasteiger partial charge in [0.2, 0.25) is 5.91 Å². The van der Waals surface area contributed by atoms with Crippen LogP contribution in [0.15, 0.2) is 36.4 Å². The predicted octanol–water partition coefficient (Wildman–Crippen LogP) is 2.46. The lowest BCUT2D eigenvalue weighted by Gasteiger charge is -2.17. The summed E-state index contributed by atoms with van der Waals surface area (Å²) < 4.78 is 0. The minimum atomic E-state index is 0.0453. The molecule has 0 aromatic heterocycles. The van der Waals surface area contributed by atoms with E-state index in [2.05, 4.69) is 25.1 Å². The fraction of sp³-hybridized carbons (Fsp3) is 0.267. The Hall–Kier alpha value is -1.87. The fourth-order valence-corrected chi connectivity index (χ4v) is 2.00. The molecule has 0 aliphatic heterocycles. The van der Waals surface area contributed by atoms with E-state index in [1.165, 1.54) is 10.9 Å². The highest BCUT2D eigenvalue weighted by Gasteiger charge is 2.09. The summed E-state index contributed by atoms with van der Waals surface area (Å²) in [7, 11) is 1.79. The van der Waals surface area contributed by atoms with Gasteiger partial charge in [-0.1, -0.05) is 29.8 Å². The molecule has 2 rings (SSSR count). The van der Waals surface area contributed by atoms with Gasteiger partial charge < -0.3 is 10.6 Å². The van der Waals surface area contributed by atoms with Crippen LogP contribution in [0.3, 0.4) is 0 Å². The number of nitrogens with zero attached hydrogens (tertiary/aromatic N) is 1. The first-order chi connectivity index (χ1) is 8.61. The SMILES string of the molecule is Cc1ccc2cc(N(C)C(=O)CCN)ccc2c1. The van der Waals surface area contributed by atoms with Crippen LogP contribution < -0.4 is 10.6 Å². The quantitative estimate of drug-likeness (QED) is 0.898. The van der Waals surface area contributed by atoms with Crippen molar-refractivity contribution < 1.29 is 4.79 Å². The van der Waals surface area contributed by atoms with Gasteiger partial charge in [0.15, 0.2) is 0 Å². The lowest BCUT2D eigenvalue weighted by atomic mass is 10.1. The van der Waals surface area contributed by atoms with Crippen LogP contribution in [0.4, 0.5) is 5.69 Å². The third kappa shape index (κ3) is 2.51. The van der Waals surface area contributed by atoms with Crippen LogP contribution in [0, 0.1) is 6.92 Å². The average molecular weight is 242 g/mol. The summed E-state index contributed by atoms with van der Waals surface area (Å²) in [6, 6.07) is 12.3. The zero-order chi connectivity index (χ0) is 13.1. The molecule has 94 valence electrons. The van der Waals surface area contributed by atoms with Gasteiger partial charge in [-0.3, -0.25) is 4.79 Å². The van der Waals surface area contributed by atoms with Gasteiger partial charge >= 0.3 is 0 Å². The molecule has 2 aromatic carbocycles. The number of benzene rings is 2. The highest BCUT2D eigenvalue weighted by Crippen LogP contribution is 2.22. The van der Waals surface area contributed by atoms with E-state index in [1.54, 1.807) is 11.9 Å². The second-order valence-electron chi connectivity index (χ2n) is 4.53. The predicted molar refractivity (Wildman–Crippen MR) is 75.8 cm³/mol. The zero-order valence-corrected chi connectivity index (χ0v) is 10.8. The largest absolute Gasteiger partial charge is 0.330 e. The van der Waals surface area contributed by atoms with Crippen LogP contribution in [0.5, 0.6) is 0 Å². The van der Waals surface area contributed by atoms with Gasteiger partial charge in [-0.05, 0) is 29.8 Å². The van der Waals surface area contributed by atoms with Crippen molar-refractivity contribution in [2.24, 2.45) is 5.73 Å². The van der Waals surface area contributed by atoms with Gasteiger partial charge in [-0.25, -0.2) is 0 Å². The number of nitrogens with two attached hydrogens (primary N) is 1. The molecule has 0 aliphatic carbocycles. The van der Waals surface area contributed by atoms with Crippen LogP contribution in [-0.4, -0.2) is 19.5 Å². The van der Waals surface area contributed by atoms with Crippen molar-refractivity contribution in [2.75, 3.05) is 18.5 Å². The summed E-state index contributed by atoms with van der Waals surface area (Å²) >= 11 is 0. The molecule has 18 heavy (non-hydrogen) atoms. The van der Waals surface area contributed by atoms with E-state index in [1.807, 2.05) is 18.2 Å². The van der Waals surface area contributed by atoms with Crippen molar-refractivity contribution in [1.82, 2.24) is 0 Å². The summed E-state index contributed by atoms with van der Waals surface area (Å²) in [5, 5.41) is 2.34. The van der Waals surface area contributed by atoms with Crippen LogP contribution in [0.2, 0.25) is 0 Å². The second kappa shape index (κ2) is 5.19. The summed E-state index contributed by atoms with van der Waals surface area (Å²) in [6.45, 7) is 2.46.